The molecule has 0 unspecified atom stereocenters. The smallest absolute Gasteiger partial charge is 0.0488 e. The second-order valence-electron chi connectivity index (χ2n) is 3.59. The molecule has 0 amide bonds. The Labute approximate surface area is 75.8 Å². The van der Waals surface area contributed by atoms with Gasteiger partial charge in [-0.2, -0.15) is 0 Å². The van der Waals surface area contributed by atoms with Crippen LogP contribution in [0.2, 0.25) is 0 Å². The Balaban J connectivity index is 3.11. The Hall–Kier alpha value is -0.500. The summed E-state index contributed by atoms with van der Waals surface area (Å²) >= 11 is 0. The number of nitrogens with two attached hydrogens (primary N) is 1. The summed E-state index contributed by atoms with van der Waals surface area (Å²) < 4.78 is 5.42. The number of rotatable bonds is 6. The standard InChI is InChI=1S/C10H21NO/c1-9(2)8-12-6-4-5-10(3)7-11/h7,9H,4-6,8,11H2,1-3H3/b10-7-. The number of allylic oxidation sites excluding steroid dienone is 1. The van der Waals surface area contributed by atoms with Gasteiger partial charge in [-0.25, -0.2) is 0 Å². The van der Waals surface area contributed by atoms with Gasteiger partial charge in [-0.3, -0.25) is 0 Å². The van der Waals surface area contributed by atoms with Crippen LogP contribution >= 0.6 is 0 Å². The molecule has 0 aromatic heterocycles. The van der Waals surface area contributed by atoms with Gasteiger partial charge in [-0.1, -0.05) is 19.4 Å². The average Bonchev–Trinajstić information content (AvgIpc) is 2.03. The molecule has 2 nitrogen and oxygen atoms in total. The van der Waals surface area contributed by atoms with Crippen LogP contribution < -0.4 is 5.73 Å². The fourth-order valence-corrected chi connectivity index (χ4v) is 0.855. The van der Waals surface area contributed by atoms with E-state index in [1.165, 1.54) is 5.57 Å². The van der Waals surface area contributed by atoms with Crippen LogP contribution in [0.1, 0.15) is 33.6 Å². The molecule has 0 fully saturated rings. The third kappa shape index (κ3) is 7.61. The molecular formula is C10H21NO. The minimum absolute atomic E-state index is 0.635. The van der Waals surface area contributed by atoms with Gasteiger partial charge < -0.3 is 10.5 Å². The lowest BCUT2D eigenvalue weighted by atomic mass is 10.2. The summed E-state index contributed by atoms with van der Waals surface area (Å²) in [5.74, 6) is 0.635. The quantitative estimate of drug-likeness (QED) is 0.622. The zero-order valence-corrected chi connectivity index (χ0v) is 8.47. The second kappa shape index (κ2) is 7.17. The minimum Gasteiger partial charge on any atom is -0.405 e. The molecule has 0 radical (unpaired) electrons. The molecule has 0 atom stereocenters. The molecule has 0 rings (SSSR count). The number of ether oxygens (including phenoxy) is 1. The predicted octanol–water partition coefficient (Wildman–Crippen LogP) is 2.30. The molecule has 0 aliphatic heterocycles. The van der Waals surface area contributed by atoms with E-state index < -0.39 is 0 Å². The van der Waals surface area contributed by atoms with Crippen molar-refractivity contribution < 1.29 is 4.74 Å². The van der Waals surface area contributed by atoms with E-state index in [0.717, 1.165) is 26.1 Å². The molecule has 2 N–H and O–H groups in total. The molecule has 0 spiro atoms. The first-order chi connectivity index (χ1) is 5.66. The maximum Gasteiger partial charge on any atom is 0.0488 e. The Morgan fingerprint density at radius 3 is 2.67 bits per heavy atom. The maximum absolute atomic E-state index is 5.42. The average molecular weight is 171 g/mol. The van der Waals surface area contributed by atoms with Gasteiger partial charge in [-0.05, 0) is 31.9 Å². The maximum atomic E-state index is 5.42. The lowest BCUT2D eigenvalue weighted by Crippen LogP contribution is -2.03. The monoisotopic (exact) mass is 171 g/mol. The van der Waals surface area contributed by atoms with Gasteiger partial charge in [0.2, 0.25) is 0 Å². The van der Waals surface area contributed by atoms with Crippen molar-refractivity contribution in [1.82, 2.24) is 0 Å². The second-order valence-corrected chi connectivity index (χ2v) is 3.59. The van der Waals surface area contributed by atoms with Crippen molar-refractivity contribution in [3.63, 3.8) is 0 Å². The van der Waals surface area contributed by atoms with Crippen LogP contribution in [0, 0.1) is 5.92 Å². The van der Waals surface area contributed by atoms with E-state index in [4.69, 9.17) is 10.5 Å². The van der Waals surface area contributed by atoms with Gasteiger partial charge in [0.25, 0.3) is 0 Å². The van der Waals surface area contributed by atoms with E-state index in [1.54, 1.807) is 6.20 Å². The van der Waals surface area contributed by atoms with Crippen molar-refractivity contribution in [2.75, 3.05) is 13.2 Å². The van der Waals surface area contributed by atoms with Crippen molar-refractivity contribution in [1.29, 1.82) is 0 Å². The van der Waals surface area contributed by atoms with Crippen LogP contribution in [0.4, 0.5) is 0 Å². The van der Waals surface area contributed by atoms with E-state index in [0.29, 0.717) is 5.92 Å². The van der Waals surface area contributed by atoms with E-state index in [-0.39, 0.29) is 0 Å². The molecule has 0 saturated heterocycles. The van der Waals surface area contributed by atoms with Crippen LogP contribution in [-0.2, 0) is 4.74 Å². The van der Waals surface area contributed by atoms with Crippen molar-refractivity contribution in [3.8, 4) is 0 Å². The van der Waals surface area contributed by atoms with E-state index >= 15 is 0 Å². The molecule has 0 bridgehead atoms. The largest absolute Gasteiger partial charge is 0.405 e. The molecule has 0 aliphatic carbocycles. The summed E-state index contributed by atoms with van der Waals surface area (Å²) in [6, 6.07) is 0. The zero-order valence-electron chi connectivity index (χ0n) is 8.47. The Kier molecular flexibility index (Phi) is 6.87. The van der Waals surface area contributed by atoms with Crippen LogP contribution in [0.15, 0.2) is 11.8 Å². The highest BCUT2D eigenvalue weighted by Crippen LogP contribution is 2.02. The number of hydrogen-bond acceptors (Lipinski definition) is 2. The zero-order chi connectivity index (χ0) is 9.40. The summed E-state index contributed by atoms with van der Waals surface area (Å²) in [4.78, 5) is 0. The van der Waals surface area contributed by atoms with Crippen molar-refractivity contribution >= 4 is 0 Å². The van der Waals surface area contributed by atoms with Crippen LogP contribution in [0.25, 0.3) is 0 Å². The Morgan fingerprint density at radius 1 is 1.50 bits per heavy atom. The lowest BCUT2D eigenvalue weighted by Gasteiger charge is -2.06. The summed E-state index contributed by atoms with van der Waals surface area (Å²) in [5.41, 5.74) is 6.57. The molecule has 0 aliphatic rings. The van der Waals surface area contributed by atoms with E-state index in [9.17, 15) is 0 Å². The summed E-state index contributed by atoms with van der Waals surface area (Å²) in [6.45, 7) is 8.08. The Morgan fingerprint density at radius 2 is 2.17 bits per heavy atom. The summed E-state index contributed by atoms with van der Waals surface area (Å²) in [5, 5.41) is 0. The van der Waals surface area contributed by atoms with Gasteiger partial charge in [0.1, 0.15) is 0 Å². The van der Waals surface area contributed by atoms with Gasteiger partial charge >= 0.3 is 0 Å². The molecule has 0 aromatic rings. The topological polar surface area (TPSA) is 35.2 Å². The van der Waals surface area contributed by atoms with Gasteiger partial charge in [0.15, 0.2) is 0 Å². The summed E-state index contributed by atoms with van der Waals surface area (Å²) in [6.07, 6.45) is 3.79. The fraction of sp³-hybridized carbons (Fsp3) is 0.800. The molecule has 0 aromatic carbocycles. The number of hydrogen-bond donors (Lipinski definition) is 1. The Bertz CT molecular complexity index is 130. The van der Waals surface area contributed by atoms with E-state index in [2.05, 4.69) is 13.8 Å². The molecule has 12 heavy (non-hydrogen) atoms. The minimum atomic E-state index is 0.635. The van der Waals surface area contributed by atoms with Crippen molar-refractivity contribution in [3.05, 3.63) is 11.8 Å². The third-order valence-corrected chi connectivity index (χ3v) is 1.60. The van der Waals surface area contributed by atoms with Crippen molar-refractivity contribution in [2.45, 2.75) is 33.6 Å². The highest BCUT2D eigenvalue weighted by atomic mass is 16.5. The summed E-state index contributed by atoms with van der Waals surface area (Å²) in [7, 11) is 0. The van der Waals surface area contributed by atoms with Gasteiger partial charge in [0, 0.05) is 13.2 Å². The molecule has 2 heteroatoms. The normalized spacial score (nSPS) is 12.5. The molecule has 72 valence electrons. The van der Waals surface area contributed by atoms with Crippen molar-refractivity contribution in [2.24, 2.45) is 11.7 Å². The van der Waals surface area contributed by atoms with Crippen LogP contribution in [0.3, 0.4) is 0 Å². The first-order valence-corrected chi connectivity index (χ1v) is 4.62. The molecule has 0 saturated carbocycles. The third-order valence-electron chi connectivity index (χ3n) is 1.60. The fourth-order valence-electron chi connectivity index (χ4n) is 0.855. The highest BCUT2D eigenvalue weighted by molar-refractivity contribution is 4.93. The van der Waals surface area contributed by atoms with Gasteiger partial charge in [0.05, 0.1) is 0 Å². The molecular weight excluding hydrogens is 150 g/mol. The van der Waals surface area contributed by atoms with Crippen LogP contribution in [0.5, 0.6) is 0 Å². The predicted molar refractivity (Wildman–Crippen MR) is 52.8 cm³/mol. The first-order valence-electron chi connectivity index (χ1n) is 4.62. The van der Waals surface area contributed by atoms with E-state index in [1.807, 2.05) is 6.92 Å². The first kappa shape index (κ1) is 11.5. The van der Waals surface area contributed by atoms with Gasteiger partial charge in [-0.15, -0.1) is 0 Å². The highest BCUT2D eigenvalue weighted by Gasteiger charge is 1.94. The lowest BCUT2D eigenvalue weighted by molar-refractivity contribution is 0.108. The SMILES string of the molecule is C/C(=C/N)CCCOCC(C)C. The van der Waals surface area contributed by atoms with Crippen LogP contribution in [-0.4, -0.2) is 13.2 Å². The molecule has 0 heterocycles.